The molecule has 2 nitrogen and oxygen atoms in total. The van der Waals surface area contributed by atoms with E-state index in [1.165, 1.54) is 6.07 Å². The first-order valence-corrected chi connectivity index (χ1v) is 6.81. The highest BCUT2D eigenvalue weighted by Gasteiger charge is 2.22. The minimum absolute atomic E-state index is 0.149. The fourth-order valence-corrected chi connectivity index (χ4v) is 2.49. The quantitative estimate of drug-likeness (QED) is 0.899. The number of aliphatic hydroxyl groups is 1. The summed E-state index contributed by atoms with van der Waals surface area (Å²) < 4.78 is 13.8. The second kappa shape index (κ2) is 5.94. The fraction of sp³-hybridized carbons (Fsp3) is 0.538. The molecule has 2 rings (SSSR count). The van der Waals surface area contributed by atoms with Crippen LogP contribution in [0.25, 0.3) is 0 Å². The fourth-order valence-electron chi connectivity index (χ4n) is 2.25. The first kappa shape index (κ1) is 13.0. The number of hydrogen-bond acceptors (Lipinski definition) is 2. The molecule has 1 aromatic rings. The Hall–Kier alpha value is -0.450. The predicted molar refractivity (Wildman–Crippen MR) is 69.2 cm³/mol. The van der Waals surface area contributed by atoms with Gasteiger partial charge in [-0.05, 0) is 46.5 Å². The summed E-state index contributed by atoms with van der Waals surface area (Å²) >= 11 is 3.13. The highest BCUT2D eigenvalue weighted by atomic mass is 79.9. The second-order valence-corrected chi connectivity index (χ2v) is 5.44. The number of aliphatic hydroxyl groups excluding tert-OH is 1. The number of nitrogens with one attached hydrogen (secondary N) is 1. The van der Waals surface area contributed by atoms with E-state index in [1.807, 2.05) is 6.07 Å². The van der Waals surface area contributed by atoms with Crippen molar-refractivity contribution >= 4 is 15.9 Å². The van der Waals surface area contributed by atoms with Crippen molar-refractivity contribution in [3.05, 3.63) is 34.1 Å². The van der Waals surface area contributed by atoms with Gasteiger partial charge in [0.25, 0.3) is 0 Å². The van der Waals surface area contributed by atoms with E-state index in [4.69, 9.17) is 0 Å². The summed E-state index contributed by atoms with van der Waals surface area (Å²) in [7, 11) is 0. The maximum absolute atomic E-state index is 13.3. The van der Waals surface area contributed by atoms with Crippen LogP contribution in [0, 0.1) is 5.82 Å². The Labute approximate surface area is 109 Å². The number of halogens is 2. The van der Waals surface area contributed by atoms with Gasteiger partial charge < -0.3 is 10.4 Å². The third kappa shape index (κ3) is 3.50. The van der Waals surface area contributed by atoms with E-state index in [9.17, 15) is 9.50 Å². The zero-order valence-corrected chi connectivity index (χ0v) is 11.2. The summed E-state index contributed by atoms with van der Waals surface area (Å²) in [6.07, 6.45) is 3.87. The summed E-state index contributed by atoms with van der Waals surface area (Å²) in [6.45, 7) is 0.603. The predicted octanol–water partition coefficient (Wildman–Crippen LogP) is 2.98. The average Bonchev–Trinajstić information content (AvgIpc) is 2.32. The lowest BCUT2D eigenvalue weighted by molar-refractivity contribution is 0.0902. The minimum Gasteiger partial charge on any atom is -0.392 e. The third-order valence-electron chi connectivity index (χ3n) is 3.28. The first-order valence-electron chi connectivity index (χ1n) is 6.02. The van der Waals surface area contributed by atoms with E-state index in [0.29, 0.717) is 11.0 Å². The molecule has 2 N–H and O–H groups in total. The molecule has 1 aliphatic rings. The van der Waals surface area contributed by atoms with Gasteiger partial charge in [0.2, 0.25) is 0 Å². The van der Waals surface area contributed by atoms with Crippen LogP contribution in [0.5, 0.6) is 0 Å². The van der Waals surface area contributed by atoms with E-state index < -0.39 is 0 Å². The van der Waals surface area contributed by atoms with Gasteiger partial charge in [0.1, 0.15) is 5.82 Å². The van der Waals surface area contributed by atoms with Gasteiger partial charge >= 0.3 is 0 Å². The Balaban J connectivity index is 1.90. The van der Waals surface area contributed by atoms with Crippen molar-refractivity contribution < 1.29 is 9.50 Å². The normalized spacial score (nSPS) is 24.9. The molecule has 1 fully saturated rings. The van der Waals surface area contributed by atoms with Crippen LogP contribution in [0.3, 0.4) is 0 Å². The molecule has 2 atom stereocenters. The topological polar surface area (TPSA) is 32.3 Å². The molecule has 0 spiro atoms. The van der Waals surface area contributed by atoms with Gasteiger partial charge in [-0.3, -0.25) is 0 Å². The van der Waals surface area contributed by atoms with Crippen LogP contribution < -0.4 is 5.32 Å². The summed E-state index contributed by atoms with van der Waals surface area (Å²) in [6, 6.07) is 5.26. The van der Waals surface area contributed by atoms with Gasteiger partial charge in [0.15, 0.2) is 0 Å². The zero-order valence-electron chi connectivity index (χ0n) is 9.63. The number of benzene rings is 1. The molecule has 0 bridgehead atoms. The maximum atomic E-state index is 13.3. The van der Waals surface area contributed by atoms with Crippen LogP contribution >= 0.6 is 15.9 Å². The summed E-state index contributed by atoms with van der Waals surface area (Å²) in [5.41, 5.74) is 0.906. The van der Waals surface area contributed by atoms with E-state index in [0.717, 1.165) is 31.2 Å². The molecule has 0 aromatic heterocycles. The Morgan fingerprint density at radius 1 is 1.35 bits per heavy atom. The molecule has 0 radical (unpaired) electrons. The second-order valence-electron chi connectivity index (χ2n) is 4.59. The largest absolute Gasteiger partial charge is 0.392 e. The molecule has 0 amide bonds. The Morgan fingerprint density at radius 2 is 2.12 bits per heavy atom. The Bertz CT molecular complexity index is 386. The van der Waals surface area contributed by atoms with E-state index >= 15 is 0 Å². The molecule has 0 heterocycles. The molecule has 1 saturated carbocycles. The lowest BCUT2D eigenvalue weighted by Crippen LogP contribution is -2.41. The molecule has 0 saturated heterocycles. The van der Waals surface area contributed by atoms with Crippen LogP contribution in [-0.2, 0) is 6.54 Å². The van der Waals surface area contributed by atoms with Crippen LogP contribution in [0.15, 0.2) is 22.7 Å². The third-order valence-corrected chi connectivity index (χ3v) is 3.92. The van der Waals surface area contributed by atoms with E-state index in [-0.39, 0.29) is 18.0 Å². The van der Waals surface area contributed by atoms with Gasteiger partial charge in [-0.25, -0.2) is 4.39 Å². The smallest absolute Gasteiger partial charge is 0.137 e. The van der Waals surface area contributed by atoms with Crippen LogP contribution in [0.2, 0.25) is 0 Å². The monoisotopic (exact) mass is 301 g/mol. The van der Waals surface area contributed by atoms with Crippen molar-refractivity contribution in [1.29, 1.82) is 0 Å². The van der Waals surface area contributed by atoms with Crippen LogP contribution in [-0.4, -0.2) is 17.3 Å². The van der Waals surface area contributed by atoms with Crippen molar-refractivity contribution in [3.8, 4) is 0 Å². The van der Waals surface area contributed by atoms with Crippen LogP contribution in [0.4, 0.5) is 4.39 Å². The molecular formula is C13H17BrFNO. The molecule has 1 aromatic carbocycles. The average molecular weight is 302 g/mol. The van der Waals surface area contributed by atoms with Crippen molar-refractivity contribution in [2.45, 2.75) is 44.4 Å². The van der Waals surface area contributed by atoms with Crippen molar-refractivity contribution in [3.63, 3.8) is 0 Å². The molecule has 4 heteroatoms. The molecular weight excluding hydrogens is 285 g/mol. The van der Waals surface area contributed by atoms with Gasteiger partial charge in [0, 0.05) is 12.6 Å². The minimum atomic E-state index is -0.260. The van der Waals surface area contributed by atoms with Gasteiger partial charge in [0.05, 0.1) is 10.6 Å². The van der Waals surface area contributed by atoms with Crippen LogP contribution in [0.1, 0.15) is 31.2 Å². The zero-order chi connectivity index (χ0) is 12.3. The lowest BCUT2D eigenvalue weighted by Gasteiger charge is -2.28. The maximum Gasteiger partial charge on any atom is 0.137 e. The van der Waals surface area contributed by atoms with E-state index in [2.05, 4.69) is 21.2 Å². The van der Waals surface area contributed by atoms with E-state index in [1.54, 1.807) is 6.07 Å². The molecule has 1 aliphatic carbocycles. The van der Waals surface area contributed by atoms with Crippen molar-refractivity contribution in [2.75, 3.05) is 0 Å². The highest BCUT2D eigenvalue weighted by Crippen LogP contribution is 2.20. The first-order chi connectivity index (χ1) is 8.16. The molecule has 0 aliphatic heterocycles. The van der Waals surface area contributed by atoms with Gasteiger partial charge in [-0.15, -0.1) is 0 Å². The van der Waals surface area contributed by atoms with Crippen molar-refractivity contribution in [2.24, 2.45) is 0 Å². The van der Waals surface area contributed by atoms with Crippen molar-refractivity contribution in [1.82, 2.24) is 5.32 Å². The van der Waals surface area contributed by atoms with Gasteiger partial charge in [-0.2, -0.15) is 0 Å². The highest BCUT2D eigenvalue weighted by molar-refractivity contribution is 9.10. The Morgan fingerprint density at radius 3 is 2.82 bits per heavy atom. The molecule has 94 valence electrons. The SMILES string of the molecule is OC1CCCCC1NCc1ccc(Br)c(F)c1. The number of hydrogen-bond donors (Lipinski definition) is 2. The summed E-state index contributed by atoms with van der Waals surface area (Å²) in [4.78, 5) is 0. The standard InChI is InChI=1S/C13H17BrFNO/c14-10-6-5-9(7-11(10)15)8-16-12-3-1-2-4-13(12)17/h5-7,12-13,16-17H,1-4,8H2. The molecule has 17 heavy (non-hydrogen) atoms. The number of rotatable bonds is 3. The summed E-state index contributed by atoms with van der Waals surface area (Å²) in [5, 5.41) is 13.1. The molecule has 2 unspecified atom stereocenters. The lowest BCUT2D eigenvalue weighted by atomic mass is 9.92. The van der Waals surface area contributed by atoms with Gasteiger partial charge in [-0.1, -0.05) is 18.9 Å². The summed E-state index contributed by atoms with van der Waals surface area (Å²) in [5.74, 6) is -0.242. The Kier molecular flexibility index (Phi) is 4.54.